The second kappa shape index (κ2) is 8.94. The molecule has 6 heteroatoms. The molecule has 1 heterocycles. The van der Waals surface area contributed by atoms with Crippen molar-refractivity contribution in [3.8, 4) is 11.1 Å². The Bertz CT molecular complexity index is 898. The molecule has 26 heavy (non-hydrogen) atoms. The van der Waals surface area contributed by atoms with E-state index in [1.807, 2.05) is 18.2 Å². The second-order valence-electron chi connectivity index (χ2n) is 5.69. The average molecular weight is 352 g/mol. The van der Waals surface area contributed by atoms with Crippen molar-refractivity contribution in [1.29, 1.82) is 0 Å². The standard InChI is InChI=1S/C19H19N3O2.CH5N/c1-12(24)18-16-7-6-15(10-17(16)22-19(18)21-11-23)14-4-2-13(3-5-14)8-9-20;1-2/h2-7,10-11,22H,8-9,20H2,1H3,(H,21,23);2H2,1H3. The van der Waals surface area contributed by atoms with Gasteiger partial charge in [-0.15, -0.1) is 0 Å². The lowest BCUT2D eigenvalue weighted by Crippen LogP contribution is -2.02. The van der Waals surface area contributed by atoms with Crippen LogP contribution in [-0.2, 0) is 11.2 Å². The maximum atomic E-state index is 11.9. The number of hydrogen-bond donors (Lipinski definition) is 4. The summed E-state index contributed by atoms with van der Waals surface area (Å²) in [6.07, 6.45) is 1.42. The Hall–Kier alpha value is -2.96. The van der Waals surface area contributed by atoms with Gasteiger partial charge in [-0.05, 0) is 49.7 Å². The van der Waals surface area contributed by atoms with Crippen LogP contribution < -0.4 is 16.8 Å². The van der Waals surface area contributed by atoms with E-state index in [4.69, 9.17) is 5.73 Å². The number of benzene rings is 2. The van der Waals surface area contributed by atoms with Gasteiger partial charge in [0.1, 0.15) is 5.82 Å². The number of nitrogens with one attached hydrogen (secondary N) is 2. The Morgan fingerprint density at radius 3 is 2.35 bits per heavy atom. The summed E-state index contributed by atoms with van der Waals surface area (Å²) in [5, 5.41) is 3.36. The fraction of sp³-hybridized carbons (Fsp3) is 0.200. The van der Waals surface area contributed by atoms with Crippen LogP contribution in [0.3, 0.4) is 0 Å². The van der Waals surface area contributed by atoms with E-state index in [1.165, 1.54) is 19.5 Å². The van der Waals surface area contributed by atoms with Crippen molar-refractivity contribution >= 4 is 28.9 Å². The first-order valence-electron chi connectivity index (χ1n) is 8.38. The Morgan fingerprint density at radius 2 is 1.77 bits per heavy atom. The molecule has 0 saturated heterocycles. The first-order chi connectivity index (χ1) is 12.6. The predicted octanol–water partition coefficient (Wildman–Crippen LogP) is 2.68. The van der Waals surface area contributed by atoms with Gasteiger partial charge in [0.25, 0.3) is 0 Å². The summed E-state index contributed by atoms with van der Waals surface area (Å²) < 4.78 is 0. The molecule has 1 aromatic heterocycles. The number of carbonyl (C=O) groups excluding carboxylic acids is 2. The van der Waals surface area contributed by atoms with Crippen LogP contribution in [0.15, 0.2) is 42.5 Å². The third-order valence-electron chi connectivity index (χ3n) is 4.07. The first-order valence-corrected chi connectivity index (χ1v) is 8.38. The largest absolute Gasteiger partial charge is 0.341 e. The quantitative estimate of drug-likeness (QED) is 0.403. The highest BCUT2D eigenvalue weighted by Crippen LogP contribution is 2.30. The molecule has 6 nitrogen and oxygen atoms in total. The lowest BCUT2D eigenvalue weighted by atomic mass is 10.0. The van der Waals surface area contributed by atoms with Gasteiger partial charge in [0.2, 0.25) is 6.41 Å². The van der Waals surface area contributed by atoms with Crippen LogP contribution in [0.25, 0.3) is 22.0 Å². The van der Waals surface area contributed by atoms with E-state index < -0.39 is 0 Å². The number of ketones is 1. The summed E-state index contributed by atoms with van der Waals surface area (Å²) in [4.78, 5) is 25.7. The number of aromatic amines is 1. The zero-order chi connectivity index (χ0) is 19.1. The van der Waals surface area contributed by atoms with Crippen LogP contribution in [-0.4, -0.2) is 30.8 Å². The molecule has 6 N–H and O–H groups in total. The second-order valence-corrected chi connectivity index (χ2v) is 5.69. The molecule has 0 radical (unpaired) electrons. The summed E-state index contributed by atoms with van der Waals surface area (Å²) in [6.45, 7) is 2.12. The number of amides is 1. The average Bonchev–Trinajstić information content (AvgIpc) is 3.02. The van der Waals surface area contributed by atoms with Crippen molar-refractivity contribution in [3.05, 3.63) is 53.6 Å². The highest BCUT2D eigenvalue weighted by atomic mass is 16.1. The van der Waals surface area contributed by atoms with Crippen molar-refractivity contribution in [1.82, 2.24) is 4.98 Å². The Labute approximate surface area is 152 Å². The maximum Gasteiger partial charge on any atom is 0.212 e. The van der Waals surface area contributed by atoms with E-state index in [9.17, 15) is 9.59 Å². The van der Waals surface area contributed by atoms with Gasteiger partial charge in [-0.3, -0.25) is 9.59 Å². The highest BCUT2D eigenvalue weighted by Gasteiger charge is 2.15. The number of anilines is 1. The zero-order valence-electron chi connectivity index (χ0n) is 15.0. The number of rotatable bonds is 6. The van der Waals surface area contributed by atoms with E-state index in [0.29, 0.717) is 24.3 Å². The fourth-order valence-electron chi connectivity index (χ4n) is 2.94. The molecule has 136 valence electrons. The van der Waals surface area contributed by atoms with E-state index in [1.54, 1.807) is 0 Å². The Morgan fingerprint density at radius 1 is 1.12 bits per heavy atom. The van der Waals surface area contributed by atoms with Gasteiger partial charge in [-0.1, -0.05) is 36.4 Å². The van der Waals surface area contributed by atoms with Gasteiger partial charge in [-0.25, -0.2) is 0 Å². The molecular weight excluding hydrogens is 328 g/mol. The minimum absolute atomic E-state index is 0.0931. The van der Waals surface area contributed by atoms with Crippen molar-refractivity contribution in [2.75, 3.05) is 18.9 Å². The minimum atomic E-state index is -0.0931. The molecule has 1 amide bonds. The Balaban J connectivity index is 0.00000117. The smallest absolute Gasteiger partial charge is 0.212 e. The Kier molecular flexibility index (Phi) is 6.66. The molecule has 3 rings (SSSR count). The third-order valence-corrected chi connectivity index (χ3v) is 4.07. The topological polar surface area (TPSA) is 114 Å². The molecule has 0 unspecified atom stereocenters. The number of H-pyrrole nitrogens is 1. The number of aromatic nitrogens is 1. The molecule has 0 spiro atoms. The summed E-state index contributed by atoms with van der Waals surface area (Å²) in [7, 11) is 1.50. The van der Waals surface area contributed by atoms with E-state index in [-0.39, 0.29) is 5.78 Å². The van der Waals surface area contributed by atoms with E-state index >= 15 is 0 Å². The summed E-state index contributed by atoms with van der Waals surface area (Å²) in [6, 6.07) is 14.1. The number of fused-ring (bicyclic) bond motifs is 1. The molecule has 0 aliphatic heterocycles. The van der Waals surface area contributed by atoms with Gasteiger partial charge in [-0.2, -0.15) is 0 Å². The molecule has 0 atom stereocenters. The van der Waals surface area contributed by atoms with E-state index in [2.05, 4.69) is 40.3 Å². The molecule has 2 aromatic carbocycles. The number of hydrogen-bond acceptors (Lipinski definition) is 4. The lowest BCUT2D eigenvalue weighted by Gasteiger charge is -2.04. The predicted molar refractivity (Wildman–Crippen MR) is 106 cm³/mol. The summed E-state index contributed by atoms with van der Waals surface area (Å²) in [5.41, 5.74) is 14.7. The van der Waals surface area contributed by atoms with Crippen molar-refractivity contribution in [2.24, 2.45) is 11.5 Å². The number of nitrogens with two attached hydrogens (primary N) is 2. The van der Waals surface area contributed by atoms with Crippen molar-refractivity contribution < 1.29 is 9.59 Å². The molecule has 3 aromatic rings. The molecule has 0 saturated carbocycles. The molecular formula is C20H24N4O2. The van der Waals surface area contributed by atoms with Crippen LogP contribution in [0.4, 0.5) is 5.82 Å². The highest BCUT2D eigenvalue weighted by molar-refractivity contribution is 6.13. The van der Waals surface area contributed by atoms with Crippen LogP contribution in [0, 0.1) is 0 Å². The van der Waals surface area contributed by atoms with Gasteiger partial charge in [0.05, 0.1) is 5.56 Å². The van der Waals surface area contributed by atoms with Gasteiger partial charge in [0, 0.05) is 10.9 Å². The van der Waals surface area contributed by atoms with Gasteiger partial charge >= 0.3 is 0 Å². The van der Waals surface area contributed by atoms with Crippen molar-refractivity contribution in [2.45, 2.75) is 13.3 Å². The maximum absolute atomic E-state index is 11.9. The van der Waals surface area contributed by atoms with Gasteiger partial charge in [0.15, 0.2) is 5.78 Å². The molecule has 0 aliphatic rings. The first kappa shape index (κ1) is 19.4. The lowest BCUT2D eigenvalue weighted by molar-refractivity contribution is -0.105. The minimum Gasteiger partial charge on any atom is -0.341 e. The van der Waals surface area contributed by atoms with Crippen LogP contribution in [0.2, 0.25) is 0 Å². The molecule has 0 aliphatic carbocycles. The third kappa shape index (κ3) is 3.99. The van der Waals surface area contributed by atoms with Gasteiger partial charge < -0.3 is 21.8 Å². The van der Waals surface area contributed by atoms with Crippen LogP contribution in [0.5, 0.6) is 0 Å². The SMILES string of the molecule is CC(=O)c1c(NC=O)[nH]c2cc(-c3ccc(CCN)cc3)ccc12.CN. The summed E-state index contributed by atoms with van der Waals surface area (Å²) in [5.74, 6) is 0.340. The molecule has 0 fully saturated rings. The van der Waals surface area contributed by atoms with E-state index in [0.717, 1.165) is 28.5 Å². The number of carbonyl (C=O) groups is 2. The number of Topliss-reactive ketones (excluding diaryl/α,β-unsaturated/α-hetero) is 1. The summed E-state index contributed by atoms with van der Waals surface area (Å²) >= 11 is 0. The van der Waals surface area contributed by atoms with Crippen molar-refractivity contribution in [3.63, 3.8) is 0 Å². The normalized spacial score (nSPS) is 10.2. The fourth-order valence-corrected chi connectivity index (χ4v) is 2.94. The monoisotopic (exact) mass is 352 g/mol. The molecule has 0 bridgehead atoms. The zero-order valence-corrected chi connectivity index (χ0v) is 15.0. The van der Waals surface area contributed by atoms with Crippen LogP contribution >= 0.6 is 0 Å². The van der Waals surface area contributed by atoms with Crippen LogP contribution in [0.1, 0.15) is 22.8 Å².